The van der Waals surface area contributed by atoms with Gasteiger partial charge in [-0.05, 0) is 54.4 Å². The Balaban J connectivity index is 2.87. The molecule has 0 saturated heterocycles. The van der Waals surface area contributed by atoms with Gasteiger partial charge in [-0.15, -0.1) is 0 Å². The summed E-state index contributed by atoms with van der Waals surface area (Å²) >= 11 is 0. The summed E-state index contributed by atoms with van der Waals surface area (Å²) < 4.78 is 5.21. The number of ether oxygens (including phenoxy) is 1. The van der Waals surface area contributed by atoms with Gasteiger partial charge in [0, 0.05) is 6.42 Å². The fourth-order valence-corrected chi connectivity index (χ4v) is 2.44. The van der Waals surface area contributed by atoms with Crippen LogP contribution in [0.5, 0.6) is 5.75 Å². The van der Waals surface area contributed by atoms with Crippen molar-refractivity contribution in [2.24, 2.45) is 0 Å². The van der Waals surface area contributed by atoms with Crippen LogP contribution < -0.4 is 0 Å². The minimum Gasteiger partial charge on any atom is -0.507 e. The van der Waals surface area contributed by atoms with Gasteiger partial charge in [-0.3, -0.25) is 4.79 Å². The number of rotatable bonds is 6. The average Bonchev–Trinajstić information content (AvgIpc) is 2.43. The molecule has 0 spiro atoms. The average molecular weight is 306 g/mol. The van der Waals surface area contributed by atoms with Gasteiger partial charge in [-0.25, -0.2) is 0 Å². The van der Waals surface area contributed by atoms with E-state index in [0.29, 0.717) is 25.2 Å². The van der Waals surface area contributed by atoms with Gasteiger partial charge in [-0.1, -0.05) is 40.2 Å². The van der Waals surface area contributed by atoms with Gasteiger partial charge in [0.2, 0.25) is 0 Å². The highest BCUT2D eigenvalue weighted by atomic mass is 16.5. The van der Waals surface area contributed by atoms with E-state index in [1.807, 2.05) is 19.9 Å². The highest BCUT2D eigenvalue weighted by molar-refractivity contribution is 5.70. The van der Waals surface area contributed by atoms with Crippen LogP contribution in [0.3, 0.4) is 0 Å². The van der Waals surface area contributed by atoms with E-state index in [0.717, 1.165) is 35.1 Å². The zero-order chi connectivity index (χ0) is 16.9. The summed E-state index contributed by atoms with van der Waals surface area (Å²) in [6.45, 7) is 12.8. The zero-order valence-corrected chi connectivity index (χ0v) is 14.9. The molecule has 0 amide bonds. The topological polar surface area (TPSA) is 46.5 Å². The molecule has 0 aromatic heterocycles. The van der Waals surface area contributed by atoms with Crippen LogP contribution in [-0.2, 0) is 21.4 Å². The number of hydrogen-bond donors (Lipinski definition) is 1. The molecular formula is C19H30O3. The minimum absolute atomic E-state index is 0.126. The lowest BCUT2D eigenvalue weighted by Crippen LogP contribution is -2.14. The van der Waals surface area contributed by atoms with Crippen LogP contribution in [0.4, 0.5) is 0 Å². The summed E-state index contributed by atoms with van der Waals surface area (Å²) in [7, 11) is 0. The van der Waals surface area contributed by atoms with Gasteiger partial charge in [0.05, 0.1) is 6.61 Å². The SMILES string of the molecule is CCCCOC(=O)CCc1cc(C(C)(C)C)c(O)c(C)c1C. The van der Waals surface area contributed by atoms with Gasteiger partial charge in [0.1, 0.15) is 5.75 Å². The van der Waals surface area contributed by atoms with Crippen molar-refractivity contribution in [2.75, 3.05) is 6.61 Å². The molecule has 0 fully saturated rings. The molecule has 0 saturated carbocycles. The number of phenolic OH excluding ortho intramolecular Hbond substituents is 1. The molecule has 3 nitrogen and oxygen atoms in total. The van der Waals surface area contributed by atoms with Crippen molar-refractivity contribution >= 4 is 5.97 Å². The third-order valence-electron chi connectivity index (χ3n) is 4.14. The van der Waals surface area contributed by atoms with Crippen molar-refractivity contribution in [1.29, 1.82) is 0 Å². The summed E-state index contributed by atoms with van der Waals surface area (Å²) in [5, 5.41) is 10.4. The normalized spacial score (nSPS) is 11.5. The van der Waals surface area contributed by atoms with E-state index >= 15 is 0 Å². The van der Waals surface area contributed by atoms with Crippen molar-refractivity contribution in [3.63, 3.8) is 0 Å². The van der Waals surface area contributed by atoms with Crippen LogP contribution in [0.2, 0.25) is 0 Å². The van der Waals surface area contributed by atoms with Gasteiger partial charge >= 0.3 is 5.97 Å². The minimum atomic E-state index is -0.143. The second-order valence-electron chi connectivity index (χ2n) is 7.01. The van der Waals surface area contributed by atoms with Crippen LogP contribution in [0, 0.1) is 13.8 Å². The van der Waals surface area contributed by atoms with Gasteiger partial charge in [0.25, 0.3) is 0 Å². The Kier molecular flexibility index (Phi) is 6.46. The van der Waals surface area contributed by atoms with Crippen LogP contribution in [-0.4, -0.2) is 17.7 Å². The first-order valence-electron chi connectivity index (χ1n) is 8.16. The first-order valence-corrected chi connectivity index (χ1v) is 8.16. The molecular weight excluding hydrogens is 276 g/mol. The van der Waals surface area contributed by atoms with E-state index in [1.165, 1.54) is 0 Å². The number of unbranched alkanes of at least 4 members (excludes halogenated alkanes) is 1. The molecule has 22 heavy (non-hydrogen) atoms. The Morgan fingerprint density at radius 3 is 2.41 bits per heavy atom. The highest BCUT2D eigenvalue weighted by Crippen LogP contribution is 2.36. The van der Waals surface area contributed by atoms with Crippen LogP contribution in [0.15, 0.2) is 6.07 Å². The lowest BCUT2D eigenvalue weighted by Gasteiger charge is -2.24. The molecule has 1 aromatic rings. The van der Waals surface area contributed by atoms with E-state index in [9.17, 15) is 9.90 Å². The van der Waals surface area contributed by atoms with E-state index in [-0.39, 0.29) is 11.4 Å². The number of aryl methyl sites for hydroxylation is 1. The highest BCUT2D eigenvalue weighted by Gasteiger charge is 2.22. The molecule has 0 aliphatic rings. The van der Waals surface area contributed by atoms with Gasteiger partial charge in [-0.2, -0.15) is 0 Å². The Morgan fingerprint density at radius 2 is 1.86 bits per heavy atom. The van der Waals surface area contributed by atoms with E-state index in [4.69, 9.17) is 4.74 Å². The maximum Gasteiger partial charge on any atom is 0.306 e. The number of benzene rings is 1. The van der Waals surface area contributed by atoms with Crippen molar-refractivity contribution in [3.8, 4) is 5.75 Å². The third kappa shape index (κ3) is 4.75. The number of carbonyl (C=O) groups is 1. The van der Waals surface area contributed by atoms with Crippen LogP contribution >= 0.6 is 0 Å². The molecule has 1 rings (SSSR count). The number of hydrogen-bond acceptors (Lipinski definition) is 3. The van der Waals surface area contributed by atoms with Crippen molar-refractivity contribution in [1.82, 2.24) is 0 Å². The lowest BCUT2D eigenvalue weighted by molar-refractivity contribution is -0.143. The molecule has 0 radical (unpaired) electrons. The first-order chi connectivity index (χ1) is 10.2. The molecule has 0 heterocycles. The summed E-state index contributed by atoms with van der Waals surface area (Å²) in [4.78, 5) is 11.8. The standard InChI is InChI=1S/C19H30O3/c1-7-8-11-22-17(20)10-9-15-12-16(19(4,5)6)18(21)14(3)13(15)2/h12,21H,7-11H2,1-6H3. The molecule has 0 aliphatic heterocycles. The third-order valence-corrected chi connectivity index (χ3v) is 4.14. The fourth-order valence-electron chi connectivity index (χ4n) is 2.44. The monoisotopic (exact) mass is 306 g/mol. The molecule has 3 heteroatoms. The maximum atomic E-state index is 11.8. The second-order valence-corrected chi connectivity index (χ2v) is 7.01. The molecule has 0 unspecified atom stereocenters. The molecule has 124 valence electrons. The smallest absolute Gasteiger partial charge is 0.306 e. The number of carbonyl (C=O) groups excluding carboxylic acids is 1. The zero-order valence-electron chi connectivity index (χ0n) is 14.9. The maximum absolute atomic E-state index is 11.8. The second kappa shape index (κ2) is 7.66. The van der Waals surface area contributed by atoms with Gasteiger partial charge < -0.3 is 9.84 Å². The van der Waals surface area contributed by atoms with E-state index < -0.39 is 0 Å². The van der Waals surface area contributed by atoms with Crippen molar-refractivity contribution < 1.29 is 14.6 Å². The lowest BCUT2D eigenvalue weighted by atomic mass is 9.82. The predicted molar refractivity (Wildman–Crippen MR) is 90.5 cm³/mol. The molecule has 1 N–H and O–H groups in total. The van der Waals surface area contributed by atoms with Crippen LogP contribution in [0.1, 0.15) is 69.2 Å². The summed E-state index contributed by atoms with van der Waals surface area (Å²) in [6, 6.07) is 2.04. The predicted octanol–water partition coefficient (Wildman–Crippen LogP) is 4.58. The Bertz CT molecular complexity index is 524. The van der Waals surface area contributed by atoms with E-state index in [2.05, 4.69) is 27.7 Å². The summed E-state index contributed by atoms with van der Waals surface area (Å²) in [6.07, 6.45) is 2.98. The fraction of sp³-hybridized carbons (Fsp3) is 0.632. The van der Waals surface area contributed by atoms with Crippen molar-refractivity contribution in [2.45, 2.75) is 72.6 Å². The molecule has 1 aromatic carbocycles. The first kappa shape index (κ1) is 18.5. The Labute approximate surface area is 134 Å². The Hall–Kier alpha value is -1.51. The van der Waals surface area contributed by atoms with Crippen molar-refractivity contribution in [3.05, 3.63) is 28.3 Å². The van der Waals surface area contributed by atoms with Gasteiger partial charge in [0.15, 0.2) is 0 Å². The number of aromatic hydroxyl groups is 1. The van der Waals surface area contributed by atoms with E-state index in [1.54, 1.807) is 0 Å². The van der Waals surface area contributed by atoms with Crippen LogP contribution in [0.25, 0.3) is 0 Å². The Morgan fingerprint density at radius 1 is 1.23 bits per heavy atom. The quantitative estimate of drug-likeness (QED) is 0.618. The summed E-state index contributed by atoms with van der Waals surface area (Å²) in [5.74, 6) is 0.232. The number of phenols is 1. The molecule has 0 aliphatic carbocycles. The molecule has 0 bridgehead atoms. The summed E-state index contributed by atoms with van der Waals surface area (Å²) in [5.41, 5.74) is 3.89. The largest absolute Gasteiger partial charge is 0.507 e. The molecule has 0 atom stereocenters. The number of esters is 1.